The third-order valence-corrected chi connectivity index (χ3v) is 2.21. The topological polar surface area (TPSA) is 48.5 Å². The standard InChI is InChI=1S/C10H11N3O/c1-13(12-14)7-8-6-11-10-5-3-2-4-9(8)10/h2-6,11H,7H2,1H3. The maximum Gasteiger partial charge on any atom is 0.0660 e. The van der Waals surface area contributed by atoms with Crippen molar-refractivity contribution in [3.63, 3.8) is 0 Å². The Kier molecular flexibility index (Phi) is 2.18. The van der Waals surface area contributed by atoms with E-state index in [0.29, 0.717) is 6.54 Å². The lowest BCUT2D eigenvalue weighted by molar-refractivity contribution is 0.343. The molecule has 72 valence electrons. The number of rotatable bonds is 3. The second kappa shape index (κ2) is 3.49. The molecule has 0 aliphatic rings. The van der Waals surface area contributed by atoms with Crippen molar-refractivity contribution in [2.45, 2.75) is 6.54 Å². The summed E-state index contributed by atoms with van der Waals surface area (Å²) in [7, 11) is 1.66. The van der Waals surface area contributed by atoms with E-state index in [4.69, 9.17) is 0 Å². The minimum absolute atomic E-state index is 0.535. The Morgan fingerprint density at radius 3 is 3.00 bits per heavy atom. The summed E-state index contributed by atoms with van der Waals surface area (Å²) in [4.78, 5) is 13.4. The van der Waals surface area contributed by atoms with Crippen LogP contribution in [0.25, 0.3) is 10.9 Å². The first-order valence-corrected chi connectivity index (χ1v) is 4.40. The van der Waals surface area contributed by atoms with Gasteiger partial charge in [-0.1, -0.05) is 18.2 Å². The zero-order chi connectivity index (χ0) is 9.97. The minimum Gasteiger partial charge on any atom is -0.361 e. The number of para-hydroxylation sites is 1. The van der Waals surface area contributed by atoms with Gasteiger partial charge < -0.3 is 4.98 Å². The Bertz CT molecular complexity index is 449. The Labute approximate surface area is 81.5 Å². The first kappa shape index (κ1) is 8.74. The molecule has 0 bridgehead atoms. The van der Waals surface area contributed by atoms with Gasteiger partial charge in [0.15, 0.2) is 0 Å². The van der Waals surface area contributed by atoms with Crippen LogP contribution in [-0.4, -0.2) is 17.0 Å². The lowest BCUT2D eigenvalue weighted by Gasteiger charge is -2.06. The molecule has 0 radical (unpaired) electrons. The van der Waals surface area contributed by atoms with E-state index >= 15 is 0 Å². The Hall–Kier alpha value is -1.84. The molecule has 0 aliphatic heterocycles. The lowest BCUT2D eigenvalue weighted by Crippen LogP contribution is -2.08. The number of H-pyrrole nitrogens is 1. The van der Waals surface area contributed by atoms with E-state index in [0.717, 1.165) is 16.5 Å². The summed E-state index contributed by atoms with van der Waals surface area (Å²) in [6, 6.07) is 7.99. The Morgan fingerprint density at radius 2 is 2.21 bits per heavy atom. The average Bonchev–Trinajstić information content (AvgIpc) is 2.62. The van der Waals surface area contributed by atoms with Crippen molar-refractivity contribution in [3.05, 3.63) is 40.9 Å². The maximum atomic E-state index is 10.2. The summed E-state index contributed by atoms with van der Waals surface area (Å²) in [5, 5.41) is 5.35. The molecule has 1 N–H and O–H groups in total. The second-order valence-corrected chi connectivity index (χ2v) is 3.26. The summed E-state index contributed by atoms with van der Waals surface area (Å²) in [6.07, 6.45) is 1.91. The number of nitrogens with zero attached hydrogens (tertiary/aromatic N) is 2. The van der Waals surface area contributed by atoms with Crippen LogP contribution in [0, 0.1) is 4.91 Å². The van der Waals surface area contributed by atoms with Crippen molar-refractivity contribution >= 4 is 10.9 Å². The van der Waals surface area contributed by atoms with Gasteiger partial charge in [0.2, 0.25) is 0 Å². The van der Waals surface area contributed by atoms with Crippen molar-refractivity contribution in [2.24, 2.45) is 5.29 Å². The van der Waals surface area contributed by atoms with Gasteiger partial charge in [0.1, 0.15) is 0 Å². The highest BCUT2D eigenvalue weighted by molar-refractivity contribution is 5.82. The first-order chi connectivity index (χ1) is 6.81. The predicted octanol–water partition coefficient (Wildman–Crippen LogP) is 2.28. The van der Waals surface area contributed by atoms with E-state index in [2.05, 4.69) is 10.3 Å². The van der Waals surface area contributed by atoms with Crippen molar-refractivity contribution in [2.75, 3.05) is 7.05 Å². The predicted molar refractivity (Wildman–Crippen MR) is 55.6 cm³/mol. The molecule has 0 aliphatic carbocycles. The van der Waals surface area contributed by atoms with Crippen LogP contribution in [0.4, 0.5) is 0 Å². The summed E-state index contributed by atoms with van der Waals surface area (Å²) in [6.45, 7) is 0.535. The first-order valence-electron chi connectivity index (χ1n) is 4.40. The minimum atomic E-state index is 0.535. The molecule has 4 heteroatoms. The van der Waals surface area contributed by atoms with Gasteiger partial charge in [-0.3, -0.25) is 5.01 Å². The van der Waals surface area contributed by atoms with Gasteiger partial charge in [-0.15, -0.1) is 4.91 Å². The zero-order valence-corrected chi connectivity index (χ0v) is 7.90. The van der Waals surface area contributed by atoms with Crippen LogP contribution in [0.15, 0.2) is 35.7 Å². The molecule has 0 unspecified atom stereocenters. The SMILES string of the molecule is CN(Cc1c[nH]c2ccccc12)N=O. The Balaban J connectivity index is 2.38. The highest BCUT2D eigenvalue weighted by atomic mass is 16.3. The number of aromatic amines is 1. The van der Waals surface area contributed by atoms with E-state index in [1.54, 1.807) is 7.05 Å². The van der Waals surface area contributed by atoms with Crippen LogP contribution in [0.3, 0.4) is 0 Å². The monoisotopic (exact) mass is 189 g/mol. The number of hydrogen-bond acceptors (Lipinski definition) is 2. The molecule has 0 saturated heterocycles. The van der Waals surface area contributed by atoms with Gasteiger partial charge in [-0.05, 0) is 11.6 Å². The number of nitroso groups, excluding NO2 is 1. The third kappa shape index (κ3) is 1.46. The summed E-state index contributed by atoms with van der Waals surface area (Å²) in [5.74, 6) is 0. The number of nitrogens with one attached hydrogen (secondary N) is 1. The van der Waals surface area contributed by atoms with Gasteiger partial charge >= 0.3 is 0 Å². The largest absolute Gasteiger partial charge is 0.361 e. The average molecular weight is 189 g/mol. The summed E-state index contributed by atoms with van der Waals surface area (Å²) in [5.41, 5.74) is 2.17. The highest BCUT2D eigenvalue weighted by Crippen LogP contribution is 2.18. The number of hydrogen-bond donors (Lipinski definition) is 1. The van der Waals surface area contributed by atoms with E-state index in [9.17, 15) is 4.91 Å². The zero-order valence-electron chi connectivity index (χ0n) is 7.90. The van der Waals surface area contributed by atoms with Crippen molar-refractivity contribution < 1.29 is 0 Å². The van der Waals surface area contributed by atoms with Crippen molar-refractivity contribution in [1.82, 2.24) is 9.99 Å². The van der Waals surface area contributed by atoms with Crippen molar-refractivity contribution in [3.8, 4) is 0 Å². The smallest absolute Gasteiger partial charge is 0.0660 e. The molecule has 1 aromatic heterocycles. The Morgan fingerprint density at radius 1 is 1.43 bits per heavy atom. The van der Waals surface area contributed by atoms with Gasteiger partial charge in [0.05, 0.1) is 11.8 Å². The van der Waals surface area contributed by atoms with Crippen LogP contribution in [-0.2, 0) is 6.54 Å². The lowest BCUT2D eigenvalue weighted by atomic mass is 10.2. The molecule has 0 atom stereocenters. The van der Waals surface area contributed by atoms with E-state index in [-0.39, 0.29) is 0 Å². The van der Waals surface area contributed by atoms with Crippen LogP contribution < -0.4 is 0 Å². The third-order valence-electron chi connectivity index (χ3n) is 2.21. The van der Waals surface area contributed by atoms with Crippen LogP contribution in [0.5, 0.6) is 0 Å². The van der Waals surface area contributed by atoms with Gasteiger partial charge in [-0.2, -0.15) is 0 Å². The molecule has 1 heterocycles. The van der Waals surface area contributed by atoms with E-state index < -0.39 is 0 Å². The normalized spacial score (nSPS) is 10.4. The molecule has 2 rings (SSSR count). The maximum absolute atomic E-state index is 10.2. The highest BCUT2D eigenvalue weighted by Gasteiger charge is 2.04. The molecule has 14 heavy (non-hydrogen) atoms. The number of fused-ring (bicyclic) bond motifs is 1. The quantitative estimate of drug-likeness (QED) is 0.594. The molecule has 1 aromatic carbocycles. The molecule has 0 fully saturated rings. The van der Waals surface area contributed by atoms with Crippen LogP contribution >= 0.6 is 0 Å². The molecule has 4 nitrogen and oxygen atoms in total. The van der Waals surface area contributed by atoms with Crippen LogP contribution in [0.1, 0.15) is 5.56 Å². The van der Waals surface area contributed by atoms with E-state index in [1.165, 1.54) is 5.01 Å². The summed E-state index contributed by atoms with van der Waals surface area (Å²) >= 11 is 0. The van der Waals surface area contributed by atoms with Crippen molar-refractivity contribution in [1.29, 1.82) is 0 Å². The second-order valence-electron chi connectivity index (χ2n) is 3.26. The molecule has 0 amide bonds. The van der Waals surface area contributed by atoms with Gasteiger partial charge in [-0.25, -0.2) is 0 Å². The molecule has 0 spiro atoms. The molecular formula is C10H11N3O. The van der Waals surface area contributed by atoms with Gasteiger partial charge in [0.25, 0.3) is 0 Å². The number of aromatic nitrogens is 1. The molecule has 0 saturated carbocycles. The van der Waals surface area contributed by atoms with Gasteiger partial charge in [0, 0.05) is 24.1 Å². The number of benzene rings is 1. The summed E-state index contributed by atoms with van der Waals surface area (Å²) < 4.78 is 0. The fraction of sp³-hybridized carbons (Fsp3) is 0.200. The fourth-order valence-electron chi connectivity index (χ4n) is 1.54. The molecular weight excluding hydrogens is 178 g/mol. The fourth-order valence-corrected chi connectivity index (χ4v) is 1.54. The van der Waals surface area contributed by atoms with Crippen LogP contribution in [0.2, 0.25) is 0 Å². The molecule has 2 aromatic rings. The van der Waals surface area contributed by atoms with E-state index in [1.807, 2.05) is 30.5 Å².